The van der Waals surface area contributed by atoms with Crippen LogP contribution in [0.1, 0.15) is 21.5 Å². The Balaban J connectivity index is 1.80. The summed E-state index contributed by atoms with van der Waals surface area (Å²) >= 11 is 0. The number of halogens is 3. The Morgan fingerprint density at radius 1 is 1.00 bits per heavy atom. The number of anilines is 2. The van der Waals surface area contributed by atoms with Crippen molar-refractivity contribution in [3.63, 3.8) is 0 Å². The highest BCUT2D eigenvalue weighted by atomic mass is 19.4. The van der Waals surface area contributed by atoms with Gasteiger partial charge in [0.2, 0.25) is 0 Å². The molecule has 29 heavy (non-hydrogen) atoms. The normalized spacial score (nSPS) is 11.2. The third-order valence-electron chi connectivity index (χ3n) is 4.20. The van der Waals surface area contributed by atoms with Crippen LogP contribution < -0.4 is 15.8 Å². The molecule has 0 saturated heterocycles. The summed E-state index contributed by atoms with van der Waals surface area (Å²) in [5.74, 6) is -0.229. The first kappa shape index (κ1) is 20.2. The molecule has 0 atom stereocenters. The number of aromatic nitrogens is 1. The Kier molecular flexibility index (Phi) is 5.45. The van der Waals surface area contributed by atoms with Gasteiger partial charge >= 0.3 is 6.36 Å². The van der Waals surface area contributed by atoms with Crippen molar-refractivity contribution in [1.82, 2.24) is 4.98 Å². The number of hydrogen-bond acceptors (Lipinski definition) is 4. The lowest BCUT2D eigenvalue weighted by Gasteiger charge is -2.13. The van der Waals surface area contributed by atoms with E-state index in [1.165, 1.54) is 18.2 Å². The molecule has 8 heteroatoms. The van der Waals surface area contributed by atoms with Gasteiger partial charge in [-0.2, -0.15) is 0 Å². The molecule has 0 saturated carbocycles. The van der Waals surface area contributed by atoms with Crippen LogP contribution in [-0.4, -0.2) is 17.3 Å². The van der Waals surface area contributed by atoms with E-state index in [-0.39, 0.29) is 23.3 Å². The van der Waals surface area contributed by atoms with Gasteiger partial charge in [0, 0.05) is 11.1 Å². The molecule has 2 aromatic carbocycles. The van der Waals surface area contributed by atoms with Gasteiger partial charge in [0.15, 0.2) is 0 Å². The molecule has 150 valence electrons. The summed E-state index contributed by atoms with van der Waals surface area (Å²) in [6.45, 7) is 3.57. The summed E-state index contributed by atoms with van der Waals surface area (Å²) < 4.78 is 41.0. The van der Waals surface area contributed by atoms with Crippen molar-refractivity contribution in [1.29, 1.82) is 0 Å². The number of rotatable bonds is 4. The van der Waals surface area contributed by atoms with E-state index >= 15 is 0 Å². The quantitative estimate of drug-likeness (QED) is 0.638. The van der Waals surface area contributed by atoms with Crippen molar-refractivity contribution in [2.24, 2.45) is 0 Å². The largest absolute Gasteiger partial charge is 0.573 e. The van der Waals surface area contributed by atoms with Crippen LogP contribution in [-0.2, 0) is 0 Å². The van der Waals surface area contributed by atoms with Gasteiger partial charge in [-0.25, -0.2) is 4.98 Å². The minimum atomic E-state index is -4.76. The van der Waals surface area contributed by atoms with Gasteiger partial charge in [0.05, 0.1) is 0 Å². The van der Waals surface area contributed by atoms with Crippen molar-refractivity contribution in [2.75, 3.05) is 11.1 Å². The van der Waals surface area contributed by atoms with E-state index < -0.39 is 6.36 Å². The summed E-state index contributed by atoms with van der Waals surface area (Å²) in [4.78, 5) is 16.5. The maximum absolute atomic E-state index is 12.4. The van der Waals surface area contributed by atoms with Crippen LogP contribution in [0.4, 0.5) is 24.8 Å². The minimum Gasteiger partial charge on any atom is -0.406 e. The Bertz CT molecular complexity index is 1050. The van der Waals surface area contributed by atoms with Gasteiger partial charge in [-0.15, -0.1) is 13.2 Å². The lowest BCUT2D eigenvalue weighted by Crippen LogP contribution is -2.17. The molecule has 0 fully saturated rings. The molecule has 0 unspecified atom stereocenters. The zero-order valence-electron chi connectivity index (χ0n) is 15.7. The average Bonchev–Trinajstić information content (AvgIpc) is 2.62. The standard InChI is InChI=1S/C21H18F3N3O2/c1-12-3-5-14(6-4-12)20(28)27-18-10-9-17(19(25)26-18)16-8-7-15(11-13(16)2)29-21(22,23)24/h3-11H,1-2H3,(H3,25,26,27,28). The molecule has 1 amide bonds. The first-order chi connectivity index (χ1) is 13.6. The number of hydrogen-bond donors (Lipinski definition) is 2. The van der Waals surface area contributed by atoms with E-state index in [9.17, 15) is 18.0 Å². The highest BCUT2D eigenvalue weighted by Crippen LogP contribution is 2.32. The number of nitrogens with one attached hydrogen (secondary N) is 1. The summed E-state index contributed by atoms with van der Waals surface area (Å²) in [5.41, 5.74) is 9.23. The predicted molar refractivity (Wildman–Crippen MR) is 105 cm³/mol. The highest BCUT2D eigenvalue weighted by Gasteiger charge is 2.31. The number of ether oxygens (including phenoxy) is 1. The van der Waals surface area contributed by atoms with Gasteiger partial charge in [0.1, 0.15) is 17.4 Å². The zero-order chi connectivity index (χ0) is 21.2. The number of pyridine rings is 1. The fourth-order valence-corrected chi connectivity index (χ4v) is 2.80. The minimum absolute atomic E-state index is 0.138. The molecular weight excluding hydrogens is 383 g/mol. The maximum Gasteiger partial charge on any atom is 0.573 e. The average molecular weight is 401 g/mol. The topological polar surface area (TPSA) is 77.2 Å². The fraction of sp³-hybridized carbons (Fsp3) is 0.143. The van der Waals surface area contributed by atoms with Gasteiger partial charge in [-0.3, -0.25) is 4.79 Å². The second-order valence-corrected chi connectivity index (χ2v) is 6.47. The van der Waals surface area contributed by atoms with Gasteiger partial charge in [0.25, 0.3) is 5.91 Å². The third kappa shape index (κ3) is 5.04. The predicted octanol–water partition coefficient (Wildman–Crippen LogP) is 5.10. The first-order valence-electron chi connectivity index (χ1n) is 8.64. The molecule has 1 heterocycles. The number of amides is 1. The number of nitrogen functional groups attached to an aromatic ring is 1. The molecule has 3 aromatic rings. The summed E-state index contributed by atoms with van der Waals surface area (Å²) in [7, 11) is 0. The third-order valence-corrected chi connectivity index (χ3v) is 4.20. The smallest absolute Gasteiger partial charge is 0.406 e. The molecule has 0 aliphatic rings. The Labute approximate surface area is 165 Å². The van der Waals surface area contributed by atoms with Gasteiger partial charge in [-0.1, -0.05) is 23.8 Å². The van der Waals surface area contributed by atoms with Crippen LogP contribution in [0.25, 0.3) is 11.1 Å². The highest BCUT2D eigenvalue weighted by molar-refractivity contribution is 6.04. The van der Waals surface area contributed by atoms with Crippen molar-refractivity contribution in [2.45, 2.75) is 20.2 Å². The molecule has 3 N–H and O–H groups in total. The second kappa shape index (κ2) is 7.83. The van der Waals surface area contributed by atoms with E-state index in [0.717, 1.165) is 5.56 Å². The number of nitrogens with zero attached hydrogens (tertiary/aromatic N) is 1. The van der Waals surface area contributed by atoms with Crippen molar-refractivity contribution in [3.05, 3.63) is 71.3 Å². The number of nitrogens with two attached hydrogens (primary N) is 1. The number of benzene rings is 2. The van der Waals surface area contributed by atoms with E-state index in [4.69, 9.17) is 5.73 Å². The maximum atomic E-state index is 12.4. The lowest BCUT2D eigenvalue weighted by atomic mass is 10.0. The summed E-state index contributed by atoms with van der Waals surface area (Å²) in [6.07, 6.45) is -4.76. The van der Waals surface area contributed by atoms with E-state index in [1.54, 1.807) is 31.2 Å². The molecule has 5 nitrogen and oxygen atoms in total. The molecule has 0 aliphatic heterocycles. The van der Waals surface area contributed by atoms with Crippen LogP contribution in [0.5, 0.6) is 5.75 Å². The Morgan fingerprint density at radius 3 is 2.24 bits per heavy atom. The van der Waals surface area contributed by atoms with Gasteiger partial charge < -0.3 is 15.8 Å². The second-order valence-electron chi connectivity index (χ2n) is 6.47. The van der Waals surface area contributed by atoms with Crippen LogP contribution >= 0.6 is 0 Å². The number of aryl methyl sites for hydroxylation is 2. The summed E-state index contributed by atoms with van der Waals surface area (Å²) in [5, 5.41) is 2.67. The molecule has 3 rings (SSSR count). The van der Waals surface area contributed by atoms with E-state index in [0.29, 0.717) is 22.3 Å². The lowest BCUT2D eigenvalue weighted by molar-refractivity contribution is -0.274. The molecule has 0 radical (unpaired) electrons. The summed E-state index contributed by atoms with van der Waals surface area (Å²) in [6, 6.07) is 14.3. The molecule has 0 aliphatic carbocycles. The van der Waals surface area contributed by atoms with E-state index in [2.05, 4.69) is 15.0 Å². The van der Waals surface area contributed by atoms with E-state index in [1.807, 2.05) is 19.1 Å². The van der Waals surface area contributed by atoms with Crippen molar-refractivity contribution in [3.8, 4) is 16.9 Å². The number of carbonyl (C=O) groups excluding carboxylic acids is 1. The zero-order valence-corrected chi connectivity index (χ0v) is 15.7. The number of alkyl halides is 3. The first-order valence-corrected chi connectivity index (χ1v) is 8.64. The van der Waals surface area contributed by atoms with Crippen molar-refractivity contribution < 1.29 is 22.7 Å². The fourth-order valence-electron chi connectivity index (χ4n) is 2.80. The van der Waals surface area contributed by atoms with Crippen LogP contribution in [0.15, 0.2) is 54.6 Å². The molecule has 1 aromatic heterocycles. The van der Waals surface area contributed by atoms with Crippen LogP contribution in [0.3, 0.4) is 0 Å². The Morgan fingerprint density at radius 2 is 1.66 bits per heavy atom. The van der Waals surface area contributed by atoms with Crippen LogP contribution in [0, 0.1) is 13.8 Å². The number of carbonyl (C=O) groups is 1. The molecule has 0 spiro atoms. The SMILES string of the molecule is Cc1ccc(C(=O)Nc2ccc(-c3ccc(OC(F)(F)F)cc3C)c(N)n2)cc1. The van der Waals surface area contributed by atoms with Crippen LogP contribution in [0.2, 0.25) is 0 Å². The molecule has 0 bridgehead atoms. The van der Waals surface area contributed by atoms with Gasteiger partial charge in [-0.05, 0) is 61.4 Å². The molecular formula is C21H18F3N3O2. The monoisotopic (exact) mass is 401 g/mol. The Hall–Kier alpha value is -3.55. The van der Waals surface area contributed by atoms with Crippen molar-refractivity contribution >= 4 is 17.5 Å².